The first-order chi connectivity index (χ1) is 12.0. The van der Waals surface area contributed by atoms with Crippen LogP contribution in [-0.2, 0) is 0 Å². The summed E-state index contributed by atoms with van der Waals surface area (Å²) in [6.45, 7) is 0. The second kappa shape index (κ2) is 7.45. The summed E-state index contributed by atoms with van der Waals surface area (Å²) >= 11 is 9.42. The van der Waals surface area contributed by atoms with E-state index in [-0.39, 0.29) is 5.69 Å². The van der Waals surface area contributed by atoms with Gasteiger partial charge >= 0.3 is 0 Å². The SMILES string of the molecule is O=[N+]([O-])c1ccc(N/N=C/c2ccc(-c3ccc(Br)c(Cl)c3)o2)nc1. The number of rotatable bonds is 5. The van der Waals surface area contributed by atoms with Gasteiger partial charge in [0.15, 0.2) is 0 Å². The van der Waals surface area contributed by atoms with Crippen LogP contribution in [0.4, 0.5) is 11.5 Å². The lowest BCUT2D eigenvalue weighted by molar-refractivity contribution is -0.385. The standard InChI is InChI=1S/C16H10BrClN4O3/c17-13-4-1-10(7-14(13)18)15-5-3-12(25-15)9-20-21-16-6-2-11(8-19-16)22(23)24/h1-9H,(H,19,21)/b20-9+. The molecule has 0 fully saturated rings. The van der Waals surface area contributed by atoms with Gasteiger partial charge in [-0.05, 0) is 46.3 Å². The smallest absolute Gasteiger partial charge is 0.287 e. The van der Waals surface area contributed by atoms with E-state index in [4.69, 9.17) is 16.0 Å². The topological polar surface area (TPSA) is 93.6 Å². The number of halogens is 2. The van der Waals surface area contributed by atoms with Gasteiger partial charge in [0.1, 0.15) is 23.5 Å². The largest absolute Gasteiger partial charge is 0.455 e. The summed E-state index contributed by atoms with van der Waals surface area (Å²) in [5.74, 6) is 1.57. The Hall–Kier alpha value is -2.71. The van der Waals surface area contributed by atoms with E-state index in [9.17, 15) is 10.1 Å². The number of pyridine rings is 1. The van der Waals surface area contributed by atoms with Gasteiger partial charge in [-0.3, -0.25) is 15.5 Å². The number of hydrazone groups is 1. The third kappa shape index (κ3) is 4.23. The first kappa shape index (κ1) is 17.1. The molecular weight excluding hydrogens is 412 g/mol. The molecule has 0 amide bonds. The average molecular weight is 422 g/mol. The molecule has 0 aliphatic carbocycles. The highest BCUT2D eigenvalue weighted by Gasteiger charge is 2.07. The molecule has 0 atom stereocenters. The molecule has 3 rings (SSSR count). The molecule has 0 aliphatic heterocycles. The second-order valence-electron chi connectivity index (χ2n) is 4.86. The van der Waals surface area contributed by atoms with Crippen LogP contribution in [-0.4, -0.2) is 16.1 Å². The molecule has 25 heavy (non-hydrogen) atoms. The van der Waals surface area contributed by atoms with E-state index in [2.05, 4.69) is 31.4 Å². The number of nitrogens with zero attached hydrogens (tertiary/aromatic N) is 3. The molecule has 1 N–H and O–H groups in total. The molecule has 3 aromatic rings. The zero-order valence-electron chi connectivity index (χ0n) is 12.5. The number of hydrogen-bond donors (Lipinski definition) is 1. The summed E-state index contributed by atoms with van der Waals surface area (Å²) in [6, 6.07) is 11.9. The predicted octanol–water partition coefficient (Wildman–Crippen LogP) is 5.11. The molecule has 0 aliphatic rings. The fourth-order valence-corrected chi connectivity index (χ4v) is 2.38. The Morgan fingerprint density at radius 3 is 2.80 bits per heavy atom. The summed E-state index contributed by atoms with van der Waals surface area (Å²) in [5, 5.41) is 15.1. The highest BCUT2D eigenvalue weighted by molar-refractivity contribution is 9.10. The Kier molecular flexibility index (Phi) is 5.11. The van der Waals surface area contributed by atoms with Gasteiger partial charge < -0.3 is 4.42 Å². The van der Waals surface area contributed by atoms with Crippen LogP contribution in [0.15, 0.2) is 62.7 Å². The summed E-state index contributed by atoms with van der Waals surface area (Å²) in [4.78, 5) is 13.9. The van der Waals surface area contributed by atoms with Crippen molar-refractivity contribution in [1.82, 2.24) is 4.98 Å². The minimum absolute atomic E-state index is 0.0848. The van der Waals surface area contributed by atoms with Crippen molar-refractivity contribution in [1.29, 1.82) is 0 Å². The zero-order valence-corrected chi connectivity index (χ0v) is 14.9. The first-order valence-electron chi connectivity index (χ1n) is 6.98. The van der Waals surface area contributed by atoms with Crippen molar-refractivity contribution in [3.8, 4) is 11.3 Å². The summed E-state index contributed by atoms with van der Waals surface area (Å²) in [5.41, 5.74) is 3.43. The van der Waals surface area contributed by atoms with Gasteiger partial charge in [-0.1, -0.05) is 17.7 Å². The number of nitrogens with one attached hydrogen (secondary N) is 1. The van der Waals surface area contributed by atoms with E-state index in [1.807, 2.05) is 18.2 Å². The Morgan fingerprint density at radius 1 is 1.28 bits per heavy atom. The van der Waals surface area contributed by atoms with Gasteiger partial charge in [0.05, 0.1) is 16.2 Å². The van der Waals surface area contributed by atoms with Crippen molar-refractivity contribution in [2.75, 3.05) is 5.43 Å². The quantitative estimate of drug-likeness (QED) is 0.351. The van der Waals surface area contributed by atoms with Gasteiger partial charge in [0.2, 0.25) is 0 Å². The van der Waals surface area contributed by atoms with Crippen LogP contribution < -0.4 is 5.43 Å². The third-order valence-electron chi connectivity index (χ3n) is 3.16. The number of benzene rings is 1. The van der Waals surface area contributed by atoms with Crippen LogP contribution in [0.25, 0.3) is 11.3 Å². The maximum absolute atomic E-state index is 10.6. The van der Waals surface area contributed by atoms with Crippen LogP contribution >= 0.6 is 27.5 Å². The maximum Gasteiger partial charge on any atom is 0.287 e. The van der Waals surface area contributed by atoms with Crippen molar-refractivity contribution in [2.45, 2.75) is 0 Å². The molecule has 1 aromatic carbocycles. The van der Waals surface area contributed by atoms with Crippen molar-refractivity contribution < 1.29 is 9.34 Å². The monoisotopic (exact) mass is 420 g/mol. The predicted molar refractivity (Wildman–Crippen MR) is 99.0 cm³/mol. The molecule has 0 radical (unpaired) electrons. The molecule has 2 aromatic heterocycles. The highest BCUT2D eigenvalue weighted by atomic mass is 79.9. The lowest BCUT2D eigenvalue weighted by Crippen LogP contribution is -1.94. The molecule has 2 heterocycles. The third-order valence-corrected chi connectivity index (χ3v) is 4.39. The molecule has 9 heteroatoms. The molecule has 0 saturated heterocycles. The Morgan fingerprint density at radius 2 is 2.12 bits per heavy atom. The maximum atomic E-state index is 10.6. The van der Waals surface area contributed by atoms with E-state index in [0.29, 0.717) is 22.4 Å². The fraction of sp³-hybridized carbons (Fsp3) is 0. The molecule has 7 nitrogen and oxygen atoms in total. The van der Waals surface area contributed by atoms with Crippen molar-refractivity contribution >= 4 is 45.3 Å². The first-order valence-corrected chi connectivity index (χ1v) is 8.15. The highest BCUT2D eigenvalue weighted by Crippen LogP contribution is 2.29. The van der Waals surface area contributed by atoms with Crippen molar-refractivity contribution in [3.63, 3.8) is 0 Å². The number of nitro groups is 1. The molecule has 0 bridgehead atoms. The number of aromatic nitrogens is 1. The van der Waals surface area contributed by atoms with Crippen LogP contribution in [0.5, 0.6) is 0 Å². The summed E-state index contributed by atoms with van der Waals surface area (Å²) < 4.78 is 6.49. The van der Waals surface area contributed by atoms with E-state index in [1.54, 1.807) is 12.1 Å². The normalized spacial score (nSPS) is 11.0. The van der Waals surface area contributed by atoms with E-state index in [1.165, 1.54) is 18.3 Å². The average Bonchev–Trinajstić information content (AvgIpc) is 3.07. The van der Waals surface area contributed by atoms with Crippen LogP contribution in [0.3, 0.4) is 0 Å². The summed E-state index contributed by atoms with van der Waals surface area (Å²) in [7, 11) is 0. The van der Waals surface area contributed by atoms with Crippen LogP contribution in [0.1, 0.15) is 5.76 Å². The Balaban J connectivity index is 1.67. The second-order valence-corrected chi connectivity index (χ2v) is 6.12. The van der Waals surface area contributed by atoms with Gasteiger partial charge in [0.25, 0.3) is 5.69 Å². The van der Waals surface area contributed by atoms with Gasteiger partial charge in [-0.25, -0.2) is 4.98 Å². The molecule has 0 saturated carbocycles. The van der Waals surface area contributed by atoms with E-state index in [0.717, 1.165) is 16.2 Å². The number of anilines is 1. The Bertz CT molecular complexity index is 941. The lowest BCUT2D eigenvalue weighted by atomic mass is 10.2. The van der Waals surface area contributed by atoms with Crippen LogP contribution in [0.2, 0.25) is 5.02 Å². The van der Waals surface area contributed by atoms with E-state index >= 15 is 0 Å². The minimum atomic E-state index is -0.515. The number of furan rings is 1. The van der Waals surface area contributed by atoms with Crippen molar-refractivity contribution in [3.05, 3.63) is 74.0 Å². The van der Waals surface area contributed by atoms with E-state index < -0.39 is 4.92 Å². The van der Waals surface area contributed by atoms with Gasteiger partial charge in [0, 0.05) is 16.1 Å². The molecular formula is C16H10BrClN4O3. The molecule has 0 unspecified atom stereocenters. The minimum Gasteiger partial charge on any atom is -0.455 e. The summed E-state index contributed by atoms with van der Waals surface area (Å²) in [6.07, 6.45) is 2.63. The Labute approximate surface area is 155 Å². The lowest BCUT2D eigenvalue weighted by Gasteiger charge is -2.00. The molecule has 0 spiro atoms. The van der Waals surface area contributed by atoms with Gasteiger partial charge in [-0.15, -0.1) is 0 Å². The van der Waals surface area contributed by atoms with Crippen molar-refractivity contribution in [2.24, 2.45) is 5.10 Å². The number of hydrogen-bond acceptors (Lipinski definition) is 6. The molecule has 126 valence electrons. The van der Waals surface area contributed by atoms with Gasteiger partial charge in [-0.2, -0.15) is 5.10 Å². The van der Waals surface area contributed by atoms with Crippen LogP contribution in [0, 0.1) is 10.1 Å². The fourth-order valence-electron chi connectivity index (χ4n) is 1.95. The zero-order chi connectivity index (χ0) is 17.8.